The van der Waals surface area contributed by atoms with Gasteiger partial charge in [0, 0.05) is 16.8 Å². The van der Waals surface area contributed by atoms with Crippen molar-refractivity contribution in [1.82, 2.24) is 4.90 Å². The van der Waals surface area contributed by atoms with E-state index in [1.54, 1.807) is 4.90 Å². The molecule has 1 heterocycles. The van der Waals surface area contributed by atoms with Crippen LogP contribution in [0.5, 0.6) is 0 Å². The number of fused-ring (bicyclic) bond motifs is 1. The van der Waals surface area contributed by atoms with Crippen LogP contribution in [0.25, 0.3) is 0 Å². The molecule has 0 bridgehead atoms. The molecule has 0 fully saturated rings. The van der Waals surface area contributed by atoms with E-state index in [1.165, 1.54) is 0 Å². The summed E-state index contributed by atoms with van der Waals surface area (Å²) in [5, 5.41) is 2.98. The van der Waals surface area contributed by atoms with Crippen molar-refractivity contribution in [3.63, 3.8) is 0 Å². The van der Waals surface area contributed by atoms with Gasteiger partial charge in [-0.2, -0.15) is 0 Å². The maximum Gasteiger partial charge on any atom is 0.255 e. The van der Waals surface area contributed by atoms with Crippen LogP contribution in [0.1, 0.15) is 44.2 Å². The smallest absolute Gasteiger partial charge is 0.255 e. The molecular formula is C25H24N2O2. The van der Waals surface area contributed by atoms with E-state index < -0.39 is 0 Å². The van der Waals surface area contributed by atoms with Crippen molar-refractivity contribution < 1.29 is 9.59 Å². The van der Waals surface area contributed by atoms with Gasteiger partial charge >= 0.3 is 0 Å². The first kappa shape index (κ1) is 18.9. The Morgan fingerprint density at radius 3 is 2.28 bits per heavy atom. The third-order valence-corrected chi connectivity index (χ3v) is 5.25. The Morgan fingerprint density at radius 1 is 0.897 bits per heavy atom. The van der Waals surface area contributed by atoms with Gasteiger partial charge in [0.05, 0.1) is 6.04 Å². The summed E-state index contributed by atoms with van der Waals surface area (Å²) in [6.07, 6.45) is 0. The molecule has 4 rings (SSSR count). The highest BCUT2D eigenvalue weighted by Gasteiger charge is 2.34. The van der Waals surface area contributed by atoms with Crippen LogP contribution in [0.15, 0.2) is 66.7 Å². The standard InChI is InChI=1S/C25H24N2O2/c1-16-9-10-22-21(14-16)24(19-7-5-4-6-8-19)27(15-23(28)26-22)25(29)20-12-17(2)11-18(3)13-20/h4-14,24H,15H2,1-3H3,(H,26,28)/t24-/m0/s1. The molecule has 0 aromatic heterocycles. The van der Waals surface area contributed by atoms with Crippen molar-refractivity contribution in [2.24, 2.45) is 0 Å². The maximum atomic E-state index is 13.6. The summed E-state index contributed by atoms with van der Waals surface area (Å²) >= 11 is 0. The molecule has 1 aliphatic rings. The van der Waals surface area contributed by atoms with Crippen LogP contribution in [-0.4, -0.2) is 23.3 Å². The lowest BCUT2D eigenvalue weighted by atomic mass is 9.94. The van der Waals surface area contributed by atoms with Crippen LogP contribution in [0.4, 0.5) is 5.69 Å². The molecule has 0 aliphatic carbocycles. The highest BCUT2D eigenvalue weighted by atomic mass is 16.2. The van der Waals surface area contributed by atoms with Gasteiger partial charge in [-0.25, -0.2) is 0 Å². The number of hydrogen-bond donors (Lipinski definition) is 1. The van der Waals surface area contributed by atoms with E-state index in [9.17, 15) is 9.59 Å². The highest BCUT2D eigenvalue weighted by Crippen LogP contribution is 2.37. The number of nitrogens with one attached hydrogen (secondary N) is 1. The van der Waals surface area contributed by atoms with Crippen LogP contribution in [-0.2, 0) is 4.79 Å². The van der Waals surface area contributed by atoms with Gasteiger partial charge in [-0.1, -0.05) is 65.2 Å². The lowest BCUT2D eigenvalue weighted by Crippen LogP contribution is -2.39. The fourth-order valence-electron chi connectivity index (χ4n) is 4.07. The predicted octanol–water partition coefficient (Wildman–Crippen LogP) is 4.80. The average Bonchev–Trinajstić information content (AvgIpc) is 2.83. The molecule has 1 atom stereocenters. The quantitative estimate of drug-likeness (QED) is 0.690. The Morgan fingerprint density at radius 2 is 1.59 bits per heavy atom. The van der Waals surface area contributed by atoms with Crippen LogP contribution in [0.3, 0.4) is 0 Å². The Balaban J connectivity index is 1.90. The predicted molar refractivity (Wildman–Crippen MR) is 115 cm³/mol. The van der Waals surface area contributed by atoms with E-state index >= 15 is 0 Å². The van der Waals surface area contributed by atoms with Gasteiger partial charge in [0.25, 0.3) is 5.91 Å². The number of anilines is 1. The van der Waals surface area contributed by atoms with Gasteiger partial charge in [0.2, 0.25) is 5.91 Å². The minimum absolute atomic E-state index is 0.000882. The van der Waals surface area contributed by atoms with Gasteiger partial charge < -0.3 is 10.2 Å². The first-order chi connectivity index (χ1) is 13.9. The molecule has 0 spiro atoms. The number of rotatable bonds is 2. The Kier molecular flexibility index (Phi) is 4.93. The summed E-state index contributed by atoms with van der Waals surface area (Å²) < 4.78 is 0. The third-order valence-electron chi connectivity index (χ3n) is 5.25. The molecule has 0 radical (unpaired) electrons. The van der Waals surface area contributed by atoms with Gasteiger partial charge in [0.15, 0.2) is 0 Å². The second-order valence-electron chi connectivity index (χ2n) is 7.76. The van der Waals surface area contributed by atoms with Gasteiger partial charge in [-0.05, 0) is 44.5 Å². The Labute approximate surface area is 171 Å². The lowest BCUT2D eigenvalue weighted by Gasteiger charge is -2.31. The Bertz CT molecular complexity index is 1070. The second-order valence-corrected chi connectivity index (χ2v) is 7.76. The van der Waals surface area contributed by atoms with E-state index in [4.69, 9.17) is 0 Å². The summed E-state index contributed by atoms with van der Waals surface area (Å²) in [6.45, 7) is 5.97. The van der Waals surface area contributed by atoms with Crippen LogP contribution in [0.2, 0.25) is 0 Å². The van der Waals surface area contributed by atoms with Gasteiger partial charge in [0.1, 0.15) is 6.54 Å². The third kappa shape index (κ3) is 3.79. The summed E-state index contributed by atoms with van der Waals surface area (Å²) in [5.41, 5.74) is 6.41. The number of carbonyl (C=O) groups excluding carboxylic acids is 2. The van der Waals surface area contributed by atoms with Crippen molar-refractivity contribution in [1.29, 1.82) is 0 Å². The molecule has 4 nitrogen and oxygen atoms in total. The summed E-state index contributed by atoms with van der Waals surface area (Å²) in [5.74, 6) is -0.332. The zero-order valence-electron chi connectivity index (χ0n) is 16.9. The highest BCUT2D eigenvalue weighted by molar-refractivity contribution is 6.01. The van der Waals surface area contributed by atoms with Crippen molar-refractivity contribution >= 4 is 17.5 Å². The van der Waals surface area contributed by atoms with Crippen molar-refractivity contribution in [3.8, 4) is 0 Å². The largest absolute Gasteiger partial charge is 0.324 e. The molecule has 2 amide bonds. The minimum atomic E-state index is -0.349. The van der Waals surface area contributed by atoms with Crippen molar-refractivity contribution in [2.45, 2.75) is 26.8 Å². The molecule has 0 saturated carbocycles. The van der Waals surface area contributed by atoms with E-state index in [0.29, 0.717) is 5.56 Å². The van der Waals surface area contributed by atoms with Crippen molar-refractivity contribution in [2.75, 3.05) is 11.9 Å². The van der Waals surface area contributed by atoms with Gasteiger partial charge in [-0.15, -0.1) is 0 Å². The molecular weight excluding hydrogens is 360 g/mol. The monoisotopic (exact) mass is 384 g/mol. The topological polar surface area (TPSA) is 49.4 Å². The van der Waals surface area contributed by atoms with Crippen molar-refractivity contribution in [3.05, 3.63) is 100 Å². The summed E-state index contributed by atoms with van der Waals surface area (Å²) in [4.78, 5) is 28.0. The molecule has 0 saturated heterocycles. The SMILES string of the molecule is Cc1cc(C)cc(C(=O)N2CC(=O)Nc3ccc(C)cc3[C@@H]2c2ccccc2)c1. The van der Waals surface area contributed by atoms with Crippen LogP contribution >= 0.6 is 0 Å². The number of hydrogen-bond acceptors (Lipinski definition) is 2. The Hall–Kier alpha value is -3.40. The number of carbonyl (C=O) groups is 2. The summed E-state index contributed by atoms with van der Waals surface area (Å²) in [7, 11) is 0. The fourth-order valence-corrected chi connectivity index (χ4v) is 4.07. The first-order valence-electron chi connectivity index (χ1n) is 9.77. The zero-order valence-corrected chi connectivity index (χ0v) is 16.9. The zero-order chi connectivity index (χ0) is 20.5. The van der Waals surface area contributed by atoms with Gasteiger partial charge in [-0.3, -0.25) is 9.59 Å². The number of nitrogens with zero attached hydrogens (tertiary/aromatic N) is 1. The fraction of sp³-hybridized carbons (Fsp3) is 0.200. The number of benzene rings is 3. The van der Waals surface area contributed by atoms with E-state index in [0.717, 1.165) is 33.5 Å². The molecule has 29 heavy (non-hydrogen) atoms. The van der Waals surface area contributed by atoms with E-state index in [2.05, 4.69) is 11.4 Å². The molecule has 146 valence electrons. The minimum Gasteiger partial charge on any atom is -0.324 e. The summed E-state index contributed by atoms with van der Waals surface area (Å²) in [6, 6.07) is 21.3. The maximum absolute atomic E-state index is 13.6. The normalized spacial score (nSPS) is 16.0. The lowest BCUT2D eigenvalue weighted by molar-refractivity contribution is -0.117. The van der Waals surface area contributed by atoms with Crippen LogP contribution < -0.4 is 5.32 Å². The first-order valence-corrected chi connectivity index (χ1v) is 9.77. The molecule has 0 unspecified atom stereocenters. The second kappa shape index (κ2) is 7.55. The number of aryl methyl sites for hydroxylation is 3. The van der Waals surface area contributed by atoms with E-state index in [1.807, 2.05) is 81.4 Å². The molecule has 3 aromatic rings. The van der Waals surface area contributed by atoms with Crippen LogP contribution in [0, 0.1) is 20.8 Å². The average molecular weight is 384 g/mol. The molecule has 3 aromatic carbocycles. The molecule has 1 aliphatic heterocycles. The number of amides is 2. The van der Waals surface area contributed by atoms with E-state index in [-0.39, 0.29) is 24.4 Å². The molecule has 1 N–H and O–H groups in total. The molecule has 4 heteroatoms.